The number of nitrogens with zero attached hydrogens (tertiary/aromatic N) is 2. The Kier molecular flexibility index (Phi) is 4.06. The minimum absolute atomic E-state index is 0.0442. The zero-order chi connectivity index (χ0) is 14.8. The average Bonchev–Trinajstić information content (AvgIpc) is 2.95. The molecule has 0 N–H and O–H groups in total. The number of carbonyl (C=O) groups excluding carboxylic acids is 1. The third-order valence-electron chi connectivity index (χ3n) is 4.53. The van der Waals surface area contributed by atoms with Gasteiger partial charge < -0.3 is 4.90 Å². The van der Waals surface area contributed by atoms with Crippen LogP contribution in [0.2, 0.25) is 0 Å². The van der Waals surface area contributed by atoms with Crippen LogP contribution in [0.25, 0.3) is 6.08 Å². The highest BCUT2D eigenvalue weighted by atomic mass is 19.1. The number of rotatable bonds is 3. The van der Waals surface area contributed by atoms with Crippen LogP contribution in [0.3, 0.4) is 0 Å². The second-order valence-corrected chi connectivity index (χ2v) is 5.91. The van der Waals surface area contributed by atoms with Crippen LogP contribution in [0.5, 0.6) is 0 Å². The quantitative estimate of drug-likeness (QED) is 0.853. The lowest BCUT2D eigenvalue weighted by Gasteiger charge is -2.41. The maximum Gasteiger partial charge on any atom is 0.239 e. The molecule has 3 rings (SSSR count). The van der Waals surface area contributed by atoms with E-state index in [4.69, 9.17) is 0 Å². The fraction of sp³-hybridized carbons (Fsp3) is 0.471. The summed E-state index contributed by atoms with van der Waals surface area (Å²) in [5.74, 6) is 0.0441. The van der Waals surface area contributed by atoms with Crippen LogP contribution in [0, 0.1) is 5.82 Å². The first-order valence-corrected chi connectivity index (χ1v) is 7.62. The van der Waals surface area contributed by atoms with Crippen LogP contribution in [0.15, 0.2) is 30.3 Å². The largest absolute Gasteiger partial charge is 0.337 e. The molecule has 0 aliphatic carbocycles. The summed E-state index contributed by atoms with van der Waals surface area (Å²) in [6.45, 7) is 4.63. The van der Waals surface area contributed by atoms with Crippen LogP contribution in [0.4, 0.5) is 4.39 Å². The van der Waals surface area contributed by atoms with Gasteiger partial charge in [-0.3, -0.25) is 9.69 Å². The van der Waals surface area contributed by atoms with E-state index in [1.165, 1.54) is 12.1 Å². The Bertz CT molecular complexity index is 540. The standard InChI is InChI=1S/C17H21FN2O/c1-13-17(21)20-11-3-5-16(20)12-19(13)10-2-4-14-6-8-15(18)9-7-14/h2,4,6-9,13,16H,3,5,10-12H2,1H3/b4-2+/t13-,16+/m1/s1. The summed E-state index contributed by atoms with van der Waals surface area (Å²) in [5, 5.41) is 0. The molecule has 2 fully saturated rings. The molecule has 21 heavy (non-hydrogen) atoms. The van der Waals surface area contributed by atoms with E-state index >= 15 is 0 Å². The minimum atomic E-state index is -0.219. The van der Waals surface area contributed by atoms with Crippen LogP contribution in [0.1, 0.15) is 25.3 Å². The van der Waals surface area contributed by atoms with Gasteiger partial charge in [0, 0.05) is 25.7 Å². The van der Waals surface area contributed by atoms with Gasteiger partial charge in [0.1, 0.15) is 5.82 Å². The minimum Gasteiger partial charge on any atom is -0.337 e. The lowest BCUT2D eigenvalue weighted by molar-refractivity contribution is -0.142. The van der Waals surface area contributed by atoms with Crippen molar-refractivity contribution in [1.82, 2.24) is 9.80 Å². The molecule has 2 aliphatic rings. The molecule has 2 aliphatic heterocycles. The predicted octanol–water partition coefficient (Wildman–Crippen LogP) is 2.53. The van der Waals surface area contributed by atoms with Crippen molar-refractivity contribution in [2.24, 2.45) is 0 Å². The van der Waals surface area contributed by atoms with E-state index in [1.54, 1.807) is 12.1 Å². The van der Waals surface area contributed by atoms with Crippen molar-refractivity contribution in [3.8, 4) is 0 Å². The van der Waals surface area contributed by atoms with E-state index in [2.05, 4.69) is 11.0 Å². The van der Waals surface area contributed by atoms with Crippen molar-refractivity contribution in [3.63, 3.8) is 0 Å². The molecule has 0 radical (unpaired) electrons. The predicted molar refractivity (Wildman–Crippen MR) is 81.2 cm³/mol. The number of fused-ring (bicyclic) bond motifs is 1. The summed E-state index contributed by atoms with van der Waals surface area (Å²) in [7, 11) is 0. The molecular weight excluding hydrogens is 267 g/mol. The van der Waals surface area contributed by atoms with E-state index in [0.717, 1.165) is 38.0 Å². The fourth-order valence-electron chi connectivity index (χ4n) is 3.27. The van der Waals surface area contributed by atoms with E-state index in [-0.39, 0.29) is 17.8 Å². The Hall–Kier alpha value is -1.68. The molecular formula is C17H21FN2O. The van der Waals surface area contributed by atoms with Gasteiger partial charge >= 0.3 is 0 Å². The third kappa shape index (κ3) is 3.00. The Morgan fingerprint density at radius 2 is 2.10 bits per heavy atom. The summed E-state index contributed by atoms with van der Waals surface area (Å²) in [5.41, 5.74) is 0.981. The summed E-state index contributed by atoms with van der Waals surface area (Å²) in [6, 6.07) is 6.79. The number of hydrogen-bond donors (Lipinski definition) is 0. The first kappa shape index (κ1) is 14.3. The van der Waals surface area contributed by atoms with Gasteiger partial charge in [0.05, 0.1) is 6.04 Å². The average molecular weight is 288 g/mol. The van der Waals surface area contributed by atoms with Crippen molar-refractivity contribution in [2.75, 3.05) is 19.6 Å². The van der Waals surface area contributed by atoms with Crippen molar-refractivity contribution in [2.45, 2.75) is 31.8 Å². The van der Waals surface area contributed by atoms with Gasteiger partial charge in [0.2, 0.25) is 5.91 Å². The van der Waals surface area contributed by atoms with Gasteiger partial charge in [-0.2, -0.15) is 0 Å². The molecule has 0 spiro atoms. The van der Waals surface area contributed by atoms with Crippen LogP contribution in [-0.2, 0) is 4.79 Å². The van der Waals surface area contributed by atoms with E-state index in [9.17, 15) is 9.18 Å². The smallest absolute Gasteiger partial charge is 0.239 e. The molecule has 0 unspecified atom stereocenters. The van der Waals surface area contributed by atoms with Gasteiger partial charge in [-0.15, -0.1) is 0 Å². The van der Waals surface area contributed by atoms with E-state index < -0.39 is 0 Å². The topological polar surface area (TPSA) is 23.6 Å². The zero-order valence-electron chi connectivity index (χ0n) is 12.3. The highest BCUT2D eigenvalue weighted by molar-refractivity contribution is 5.83. The number of amides is 1. The lowest BCUT2D eigenvalue weighted by atomic mass is 10.1. The van der Waals surface area contributed by atoms with Crippen LogP contribution in [-0.4, -0.2) is 47.4 Å². The lowest BCUT2D eigenvalue weighted by Crippen LogP contribution is -2.58. The first-order valence-electron chi connectivity index (χ1n) is 7.62. The summed E-state index contributed by atoms with van der Waals surface area (Å²) >= 11 is 0. The highest BCUT2D eigenvalue weighted by Gasteiger charge is 2.39. The van der Waals surface area contributed by atoms with Crippen molar-refractivity contribution >= 4 is 12.0 Å². The Balaban J connectivity index is 1.62. The molecule has 1 amide bonds. The fourth-order valence-corrected chi connectivity index (χ4v) is 3.27. The maximum absolute atomic E-state index is 12.8. The van der Waals surface area contributed by atoms with Crippen LogP contribution < -0.4 is 0 Å². The van der Waals surface area contributed by atoms with Crippen molar-refractivity contribution in [3.05, 3.63) is 41.7 Å². The van der Waals surface area contributed by atoms with Gasteiger partial charge in [-0.1, -0.05) is 24.3 Å². The molecule has 2 atom stereocenters. The maximum atomic E-state index is 12.8. The Labute approximate surface area is 125 Å². The number of piperazine rings is 1. The van der Waals surface area contributed by atoms with Gasteiger partial charge in [-0.25, -0.2) is 4.39 Å². The van der Waals surface area contributed by atoms with E-state index in [1.807, 2.05) is 17.9 Å². The third-order valence-corrected chi connectivity index (χ3v) is 4.53. The summed E-state index contributed by atoms with van der Waals surface area (Å²) in [4.78, 5) is 16.6. The monoisotopic (exact) mass is 288 g/mol. The Morgan fingerprint density at radius 3 is 2.86 bits per heavy atom. The first-order chi connectivity index (χ1) is 10.1. The molecule has 0 saturated carbocycles. The number of carbonyl (C=O) groups is 1. The van der Waals surface area contributed by atoms with Gasteiger partial charge in [0.25, 0.3) is 0 Å². The normalized spacial score (nSPS) is 26.6. The number of benzene rings is 1. The van der Waals surface area contributed by atoms with Crippen LogP contribution >= 0.6 is 0 Å². The zero-order valence-corrected chi connectivity index (χ0v) is 12.3. The second-order valence-electron chi connectivity index (χ2n) is 5.91. The van der Waals surface area contributed by atoms with Gasteiger partial charge in [0.15, 0.2) is 0 Å². The summed E-state index contributed by atoms with van der Waals surface area (Å²) < 4.78 is 12.8. The molecule has 2 heterocycles. The Morgan fingerprint density at radius 1 is 1.33 bits per heavy atom. The SMILES string of the molecule is C[C@@H]1C(=O)N2CCC[C@H]2CN1C/C=C/c1ccc(F)cc1. The molecule has 0 aromatic heterocycles. The van der Waals surface area contributed by atoms with E-state index in [0.29, 0.717) is 6.04 Å². The van der Waals surface area contributed by atoms with Crippen molar-refractivity contribution in [1.29, 1.82) is 0 Å². The van der Waals surface area contributed by atoms with Crippen molar-refractivity contribution < 1.29 is 9.18 Å². The molecule has 2 saturated heterocycles. The number of hydrogen-bond acceptors (Lipinski definition) is 2. The molecule has 1 aromatic carbocycles. The number of halogens is 1. The molecule has 4 heteroatoms. The highest BCUT2D eigenvalue weighted by Crippen LogP contribution is 2.25. The second kappa shape index (κ2) is 5.98. The summed E-state index contributed by atoms with van der Waals surface area (Å²) in [6.07, 6.45) is 6.29. The molecule has 1 aromatic rings. The molecule has 0 bridgehead atoms. The molecule has 112 valence electrons. The molecule has 3 nitrogen and oxygen atoms in total. The van der Waals surface area contributed by atoms with Gasteiger partial charge in [-0.05, 0) is 37.5 Å².